The van der Waals surface area contributed by atoms with E-state index in [9.17, 15) is 4.79 Å². The Morgan fingerprint density at radius 1 is 1.13 bits per heavy atom. The Morgan fingerprint density at radius 2 is 1.87 bits per heavy atom. The van der Waals surface area contributed by atoms with Crippen molar-refractivity contribution in [2.75, 3.05) is 6.79 Å². The summed E-state index contributed by atoms with van der Waals surface area (Å²) in [7, 11) is 0. The Morgan fingerprint density at radius 3 is 2.65 bits per heavy atom. The summed E-state index contributed by atoms with van der Waals surface area (Å²) in [5.41, 5.74) is 1.40. The summed E-state index contributed by atoms with van der Waals surface area (Å²) in [5.74, 6) is 2.14. The number of benzene rings is 1. The highest BCUT2D eigenvalue weighted by Crippen LogP contribution is 2.35. The fourth-order valence-electron chi connectivity index (χ4n) is 3.32. The summed E-state index contributed by atoms with van der Waals surface area (Å²) in [6, 6.07) is 5.88. The molecule has 0 unspecified atom stereocenters. The molecule has 1 amide bonds. The summed E-state index contributed by atoms with van der Waals surface area (Å²) in [4.78, 5) is 16.9. The molecule has 1 N–H and O–H groups in total. The molecule has 2 aliphatic rings. The van der Waals surface area contributed by atoms with Crippen molar-refractivity contribution in [3.8, 4) is 11.5 Å². The molecular weight excluding hydrogens is 292 g/mol. The van der Waals surface area contributed by atoms with E-state index in [1.165, 1.54) is 12.8 Å². The minimum absolute atomic E-state index is 0.0448. The summed E-state index contributed by atoms with van der Waals surface area (Å²) >= 11 is 0. The van der Waals surface area contributed by atoms with Gasteiger partial charge in [0.15, 0.2) is 11.5 Å². The topological polar surface area (TPSA) is 60.5 Å². The molecule has 120 valence electrons. The van der Waals surface area contributed by atoms with Gasteiger partial charge in [-0.05, 0) is 43.7 Å². The number of hydrogen-bond donors (Lipinski definition) is 1. The molecule has 1 aromatic heterocycles. The summed E-state index contributed by atoms with van der Waals surface area (Å²) in [6.45, 7) is 2.51. The standard InChI is InChI=1S/C18H20N2O3/c1-11-2-4-14(5-3-11)20-18(21)13-6-12-7-16-17(23-10-22-16)8-15(12)19-9-13/h6-9,11,14H,2-5,10H2,1H3,(H,20,21)/t11-,14-. The quantitative estimate of drug-likeness (QED) is 0.924. The molecule has 1 aliphatic heterocycles. The van der Waals surface area contributed by atoms with E-state index in [2.05, 4.69) is 17.2 Å². The first-order valence-electron chi connectivity index (χ1n) is 8.19. The molecule has 1 aromatic carbocycles. The second kappa shape index (κ2) is 5.72. The zero-order chi connectivity index (χ0) is 15.8. The second-order valence-corrected chi connectivity index (χ2v) is 6.55. The van der Waals surface area contributed by atoms with Crippen LogP contribution in [0.15, 0.2) is 24.4 Å². The average Bonchev–Trinajstić information content (AvgIpc) is 3.01. The number of fused-ring (bicyclic) bond motifs is 2. The van der Waals surface area contributed by atoms with Crippen molar-refractivity contribution >= 4 is 16.8 Å². The van der Waals surface area contributed by atoms with Gasteiger partial charge in [-0.25, -0.2) is 0 Å². The Hall–Kier alpha value is -2.30. The van der Waals surface area contributed by atoms with Crippen LogP contribution in [-0.2, 0) is 0 Å². The van der Waals surface area contributed by atoms with E-state index in [1.807, 2.05) is 18.2 Å². The van der Waals surface area contributed by atoms with E-state index in [-0.39, 0.29) is 18.7 Å². The van der Waals surface area contributed by atoms with Gasteiger partial charge in [-0.2, -0.15) is 0 Å². The van der Waals surface area contributed by atoms with Gasteiger partial charge in [-0.1, -0.05) is 6.92 Å². The molecule has 23 heavy (non-hydrogen) atoms. The third-order valence-corrected chi connectivity index (χ3v) is 4.79. The Balaban J connectivity index is 1.54. The van der Waals surface area contributed by atoms with Crippen LogP contribution >= 0.6 is 0 Å². The SMILES string of the molecule is C[C@H]1CC[C@H](NC(=O)c2cnc3cc4c(cc3c2)OCO4)CC1. The Bertz CT molecular complexity index is 751. The van der Waals surface area contributed by atoms with Crippen LogP contribution in [0, 0.1) is 5.92 Å². The van der Waals surface area contributed by atoms with Gasteiger partial charge in [-0.15, -0.1) is 0 Å². The average molecular weight is 312 g/mol. The van der Waals surface area contributed by atoms with Crippen molar-refractivity contribution in [1.29, 1.82) is 0 Å². The van der Waals surface area contributed by atoms with Gasteiger partial charge < -0.3 is 14.8 Å². The van der Waals surface area contributed by atoms with Crippen LogP contribution in [0.3, 0.4) is 0 Å². The molecule has 0 bridgehead atoms. The van der Waals surface area contributed by atoms with E-state index < -0.39 is 0 Å². The van der Waals surface area contributed by atoms with Crippen LogP contribution in [0.25, 0.3) is 10.9 Å². The van der Waals surface area contributed by atoms with E-state index >= 15 is 0 Å². The molecule has 2 heterocycles. The van der Waals surface area contributed by atoms with Crippen LogP contribution in [0.4, 0.5) is 0 Å². The molecule has 1 aliphatic carbocycles. The van der Waals surface area contributed by atoms with Crippen molar-refractivity contribution < 1.29 is 14.3 Å². The molecule has 0 saturated heterocycles. The number of hydrogen-bond acceptors (Lipinski definition) is 4. The molecule has 5 heteroatoms. The maximum Gasteiger partial charge on any atom is 0.253 e. The molecule has 0 radical (unpaired) electrons. The lowest BCUT2D eigenvalue weighted by molar-refractivity contribution is 0.0923. The van der Waals surface area contributed by atoms with Crippen LogP contribution < -0.4 is 14.8 Å². The van der Waals surface area contributed by atoms with Gasteiger partial charge in [0.05, 0.1) is 11.1 Å². The van der Waals surface area contributed by atoms with Gasteiger partial charge in [0.25, 0.3) is 5.91 Å². The van der Waals surface area contributed by atoms with E-state index in [0.717, 1.165) is 29.7 Å². The van der Waals surface area contributed by atoms with Crippen molar-refractivity contribution in [2.24, 2.45) is 5.92 Å². The number of ether oxygens (including phenoxy) is 2. The number of aromatic nitrogens is 1. The van der Waals surface area contributed by atoms with Gasteiger partial charge in [0.2, 0.25) is 6.79 Å². The highest BCUT2D eigenvalue weighted by atomic mass is 16.7. The first-order chi connectivity index (χ1) is 11.2. The van der Waals surface area contributed by atoms with Crippen molar-refractivity contribution in [3.63, 3.8) is 0 Å². The van der Waals surface area contributed by atoms with Crippen LogP contribution in [0.1, 0.15) is 43.0 Å². The van der Waals surface area contributed by atoms with Crippen molar-refractivity contribution in [2.45, 2.75) is 38.6 Å². The summed E-state index contributed by atoms with van der Waals surface area (Å²) in [6.07, 6.45) is 6.12. The normalized spacial score (nSPS) is 23.0. The maximum atomic E-state index is 12.5. The number of carbonyl (C=O) groups excluding carboxylic acids is 1. The molecule has 2 aromatic rings. The monoisotopic (exact) mass is 312 g/mol. The molecule has 1 fully saturated rings. The van der Waals surface area contributed by atoms with E-state index in [4.69, 9.17) is 9.47 Å². The fourth-order valence-corrected chi connectivity index (χ4v) is 3.32. The lowest BCUT2D eigenvalue weighted by atomic mass is 9.87. The minimum Gasteiger partial charge on any atom is -0.454 e. The van der Waals surface area contributed by atoms with E-state index in [1.54, 1.807) is 6.20 Å². The Kier molecular flexibility index (Phi) is 3.56. The lowest BCUT2D eigenvalue weighted by Crippen LogP contribution is -2.37. The third-order valence-electron chi connectivity index (χ3n) is 4.79. The molecule has 1 saturated carbocycles. The first-order valence-corrected chi connectivity index (χ1v) is 8.19. The zero-order valence-corrected chi connectivity index (χ0v) is 13.2. The summed E-state index contributed by atoms with van der Waals surface area (Å²) < 4.78 is 10.7. The number of amides is 1. The predicted molar refractivity (Wildman–Crippen MR) is 86.8 cm³/mol. The maximum absolute atomic E-state index is 12.5. The first kappa shape index (κ1) is 14.3. The number of nitrogens with zero attached hydrogens (tertiary/aromatic N) is 1. The zero-order valence-electron chi connectivity index (χ0n) is 13.2. The largest absolute Gasteiger partial charge is 0.454 e. The van der Waals surface area contributed by atoms with Crippen molar-refractivity contribution in [1.82, 2.24) is 10.3 Å². The highest BCUT2D eigenvalue weighted by Gasteiger charge is 2.21. The van der Waals surface area contributed by atoms with Crippen LogP contribution in [-0.4, -0.2) is 23.7 Å². The van der Waals surface area contributed by atoms with E-state index in [0.29, 0.717) is 17.1 Å². The van der Waals surface area contributed by atoms with Gasteiger partial charge in [0.1, 0.15) is 0 Å². The molecule has 0 atom stereocenters. The second-order valence-electron chi connectivity index (χ2n) is 6.55. The number of carbonyl (C=O) groups is 1. The van der Waals surface area contributed by atoms with Crippen LogP contribution in [0.5, 0.6) is 11.5 Å². The lowest BCUT2D eigenvalue weighted by Gasteiger charge is -2.26. The summed E-state index contributed by atoms with van der Waals surface area (Å²) in [5, 5.41) is 4.03. The minimum atomic E-state index is -0.0448. The fraction of sp³-hybridized carbons (Fsp3) is 0.444. The van der Waals surface area contributed by atoms with Gasteiger partial charge in [-0.3, -0.25) is 9.78 Å². The molecular formula is C18H20N2O3. The molecule has 4 rings (SSSR count). The third kappa shape index (κ3) is 2.83. The number of pyridine rings is 1. The molecule has 0 spiro atoms. The van der Waals surface area contributed by atoms with Gasteiger partial charge in [0, 0.05) is 23.7 Å². The Labute approximate surface area is 135 Å². The number of nitrogens with one attached hydrogen (secondary N) is 1. The van der Waals surface area contributed by atoms with Crippen LogP contribution in [0.2, 0.25) is 0 Å². The predicted octanol–water partition coefficient (Wildman–Crippen LogP) is 3.27. The van der Waals surface area contributed by atoms with Gasteiger partial charge >= 0.3 is 0 Å². The number of rotatable bonds is 2. The molecule has 5 nitrogen and oxygen atoms in total. The van der Waals surface area contributed by atoms with Crippen molar-refractivity contribution in [3.05, 3.63) is 30.0 Å². The highest BCUT2D eigenvalue weighted by molar-refractivity contribution is 5.98. The smallest absolute Gasteiger partial charge is 0.253 e.